The molecule has 0 fully saturated rings. The standard InChI is InChI=1S/C31H28F7N3O3/c1-17-7-10-41-27(29(44)40(14-17)15-19-11-21(30(33,34)35)13-22(12-19)31(36,37)38)26(20-3-5-23(32)6-4-20)24-8-9-39(18(2)42)16-25(24)28(41)43/h3-6,11-13,17H,7-10,14-16H2,1-2H3. The number of aromatic nitrogens is 1. The van der Waals surface area contributed by atoms with Crippen LogP contribution in [-0.4, -0.2) is 39.3 Å². The van der Waals surface area contributed by atoms with Gasteiger partial charge >= 0.3 is 12.4 Å². The summed E-state index contributed by atoms with van der Waals surface area (Å²) >= 11 is 0. The third kappa shape index (κ3) is 6.09. The van der Waals surface area contributed by atoms with Crippen LogP contribution in [0.3, 0.4) is 0 Å². The molecule has 1 atom stereocenters. The van der Waals surface area contributed by atoms with E-state index in [2.05, 4.69) is 0 Å². The zero-order valence-corrected chi connectivity index (χ0v) is 23.8. The van der Waals surface area contributed by atoms with E-state index in [1.165, 1.54) is 40.7 Å². The average Bonchev–Trinajstić information content (AvgIpc) is 2.94. The van der Waals surface area contributed by atoms with Crippen LogP contribution in [0, 0.1) is 11.7 Å². The lowest BCUT2D eigenvalue weighted by atomic mass is 9.88. The molecule has 0 bridgehead atoms. The van der Waals surface area contributed by atoms with Crippen LogP contribution in [0.25, 0.3) is 11.1 Å². The van der Waals surface area contributed by atoms with Gasteiger partial charge in [-0.1, -0.05) is 19.1 Å². The Morgan fingerprint density at radius 2 is 1.52 bits per heavy atom. The molecule has 234 valence electrons. The zero-order chi connectivity index (χ0) is 32.1. The molecule has 2 aliphatic heterocycles. The van der Waals surface area contributed by atoms with Crippen molar-refractivity contribution >= 4 is 11.8 Å². The molecule has 3 aromatic rings. The van der Waals surface area contributed by atoms with Gasteiger partial charge in [0, 0.05) is 44.2 Å². The lowest BCUT2D eigenvalue weighted by Crippen LogP contribution is -2.45. The van der Waals surface area contributed by atoms with Gasteiger partial charge in [0.15, 0.2) is 0 Å². The first kappa shape index (κ1) is 31.3. The molecule has 0 N–H and O–H groups in total. The van der Waals surface area contributed by atoms with E-state index < -0.39 is 47.3 Å². The number of nitrogens with zero attached hydrogens (tertiary/aromatic N) is 3. The molecule has 0 saturated heterocycles. The van der Waals surface area contributed by atoms with Gasteiger partial charge in [0.2, 0.25) is 5.91 Å². The molecule has 5 rings (SSSR count). The first-order valence-electron chi connectivity index (χ1n) is 13.9. The van der Waals surface area contributed by atoms with Crippen LogP contribution in [0.5, 0.6) is 0 Å². The van der Waals surface area contributed by atoms with Crippen LogP contribution < -0.4 is 5.56 Å². The van der Waals surface area contributed by atoms with Crippen molar-refractivity contribution in [1.82, 2.24) is 14.4 Å². The molecular weight excluding hydrogens is 595 g/mol. The highest BCUT2D eigenvalue weighted by Crippen LogP contribution is 2.38. The lowest BCUT2D eigenvalue weighted by molar-refractivity contribution is -0.143. The molecule has 0 saturated carbocycles. The molecule has 2 aliphatic rings. The summed E-state index contributed by atoms with van der Waals surface area (Å²) < 4.78 is 96.7. The van der Waals surface area contributed by atoms with Crippen molar-refractivity contribution in [1.29, 1.82) is 0 Å². The zero-order valence-electron chi connectivity index (χ0n) is 23.8. The number of pyridine rings is 1. The summed E-state index contributed by atoms with van der Waals surface area (Å²) in [7, 11) is 0. The SMILES string of the molecule is CC(=O)N1CCc2c(-c3ccc(F)cc3)c3n(c(=O)c2C1)CCC(C)CN(Cc1cc(C(F)(F)F)cc(C(F)(F)F)c1)C3=O. The number of rotatable bonds is 3. The summed E-state index contributed by atoms with van der Waals surface area (Å²) in [4.78, 5) is 43.1. The van der Waals surface area contributed by atoms with E-state index in [9.17, 15) is 45.1 Å². The minimum absolute atomic E-state index is 0.00266. The highest BCUT2D eigenvalue weighted by atomic mass is 19.4. The number of hydrogen-bond acceptors (Lipinski definition) is 3. The van der Waals surface area contributed by atoms with E-state index >= 15 is 0 Å². The second-order valence-electron chi connectivity index (χ2n) is 11.3. The van der Waals surface area contributed by atoms with Gasteiger partial charge in [0.25, 0.3) is 11.5 Å². The van der Waals surface area contributed by atoms with E-state index in [1.807, 2.05) is 0 Å². The first-order chi connectivity index (χ1) is 20.5. The van der Waals surface area contributed by atoms with Gasteiger partial charge in [0.05, 0.1) is 17.7 Å². The summed E-state index contributed by atoms with van der Waals surface area (Å²) in [5.74, 6) is -1.82. The molecule has 0 spiro atoms. The second-order valence-corrected chi connectivity index (χ2v) is 11.3. The number of hydrogen-bond donors (Lipinski definition) is 0. The summed E-state index contributed by atoms with van der Waals surface area (Å²) in [5, 5.41) is 0. The van der Waals surface area contributed by atoms with Crippen molar-refractivity contribution in [2.75, 3.05) is 13.1 Å². The Hall–Kier alpha value is -4.16. The molecule has 1 unspecified atom stereocenters. The predicted octanol–water partition coefficient (Wildman–Crippen LogP) is 6.28. The summed E-state index contributed by atoms with van der Waals surface area (Å²) in [5.41, 5.74) is -2.43. The maximum Gasteiger partial charge on any atom is 0.416 e. The Bertz CT molecular complexity index is 1640. The molecule has 3 heterocycles. The maximum atomic E-state index is 14.4. The van der Waals surface area contributed by atoms with Crippen molar-refractivity contribution in [3.63, 3.8) is 0 Å². The molecule has 2 aromatic carbocycles. The fourth-order valence-corrected chi connectivity index (χ4v) is 5.93. The number of benzene rings is 2. The summed E-state index contributed by atoms with van der Waals surface area (Å²) in [6.07, 6.45) is -9.56. The van der Waals surface area contributed by atoms with E-state index in [1.54, 1.807) is 6.92 Å². The fourth-order valence-electron chi connectivity index (χ4n) is 5.93. The average molecular weight is 624 g/mol. The van der Waals surface area contributed by atoms with E-state index in [-0.39, 0.29) is 61.7 Å². The van der Waals surface area contributed by atoms with Gasteiger partial charge in [-0.3, -0.25) is 14.4 Å². The van der Waals surface area contributed by atoms with Crippen LogP contribution >= 0.6 is 0 Å². The smallest absolute Gasteiger partial charge is 0.338 e. The molecule has 1 aromatic heterocycles. The minimum atomic E-state index is -5.06. The molecule has 2 amide bonds. The molecule has 0 radical (unpaired) electrons. The number of fused-ring (bicyclic) bond motifs is 2. The van der Waals surface area contributed by atoms with Gasteiger partial charge in [0.1, 0.15) is 11.5 Å². The highest BCUT2D eigenvalue weighted by Gasteiger charge is 2.38. The molecule has 44 heavy (non-hydrogen) atoms. The molecule has 6 nitrogen and oxygen atoms in total. The fraction of sp³-hybridized carbons (Fsp3) is 0.387. The van der Waals surface area contributed by atoms with Crippen LogP contribution in [0.1, 0.15) is 58.6 Å². The van der Waals surface area contributed by atoms with Crippen molar-refractivity contribution in [3.05, 3.63) is 92.1 Å². The van der Waals surface area contributed by atoms with Crippen molar-refractivity contribution < 1.29 is 40.3 Å². The third-order valence-corrected chi connectivity index (χ3v) is 8.12. The van der Waals surface area contributed by atoms with Gasteiger partial charge in [-0.25, -0.2) is 4.39 Å². The van der Waals surface area contributed by atoms with Crippen LogP contribution in [-0.2, 0) is 43.2 Å². The van der Waals surface area contributed by atoms with Crippen LogP contribution in [0.2, 0.25) is 0 Å². The summed E-state index contributed by atoms with van der Waals surface area (Å²) in [6, 6.07) is 6.45. The maximum absolute atomic E-state index is 14.4. The second kappa shape index (κ2) is 11.4. The topological polar surface area (TPSA) is 62.6 Å². The number of carbonyl (C=O) groups excluding carboxylic acids is 2. The van der Waals surface area contributed by atoms with Crippen LogP contribution in [0.15, 0.2) is 47.3 Å². The van der Waals surface area contributed by atoms with Gasteiger partial charge in [-0.05, 0) is 65.8 Å². The number of halogens is 7. The normalized spacial score (nSPS) is 17.6. The number of alkyl halides is 6. The Morgan fingerprint density at radius 3 is 2.09 bits per heavy atom. The predicted molar refractivity (Wildman–Crippen MR) is 146 cm³/mol. The van der Waals surface area contributed by atoms with Gasteiger partial charge < -0.3 is 14.4 Å². The summed E-state index contributed by atoms with van der Waals surface area (Å²) in [6.45, 7) is 2.91. The van der Waals surface area contributed by atoms with Crippen molar-refractivity contribution in [2.45, 2.75) is 58.7 Å². The van der Waals surface area contributed by atoms with Crippen molar-refractivity contribution in [2.24, 2.45) is 5.92 Å². The Labute approximate surface area is 247 Å². The Kier molecular flexibility index (Phi) is 8.10. The Morgan fingerprint density at radius 1 is 0.909 bits per heavy atom. The van der Waals surface area contributed by atoms with Gasteiger partial charge in [-0.15, -0.1) is 0 Å². The van der Waals surface area contributed by atoms with E-state index in [0.717, 1.165) is 4.90 Å². The first-order valence-corrected chi connectivity index (χ1v) is 13.9. The Balaban J connectivity index is 1.70. The molecule has 0 aliphatic carbocycles. The number of carbonyl (C=O) groups is 2. The van der Waals surface area contributed by atoms with Gasteiger partial charge in [-0.2, -0.15) is 26.3 Å². The number of amides is 2. The third-order valence-electron chi connectivity index (χ3n) is 8.12. The lowest BCUT2D eigenvalue weighted by Gasteiger charge is -2.35. The van der Waals surface area contributed by atoms with E-state index in [0.29, 0.717) is 40.8 Å². The molecular formula is C31H28F7N3O3. The largest absolute Gasteiger partial charge is 0.416 e. The monoisotopic (exact) mass is 623 g/mol. The van der Waals surface area contributed by atoms with E-state index in [4.69, 9.17) is 0 Å². The van der Waals surface area contributed by atoms with Crippen molar-refractivity contribution in [3.8, 4) is 11.1 Å². The quantitative estimate of drug-likeness (QED) is 0.323. The minimum Gasteiger partial charge on any atom is -0.338 e. The van der Waals surface area contributed by atoms with Crippen LogP contribution in [0.4, 0.5) is 30.7 Å². The molecule has 13 heteroatoms. The highest BCUT2D eigenvalue weighted by molar-refractivity contribution is 6.00.